The van der Waals surface area contributed by atoms with Gasteiger partial charge in [0.15, 0.2) is 0 Å². The minimum absolute atomic E-state index is 0.468. The summed E-state index contributed by atoms with van der Waals surface area (Å²) in [6.07, 6.45) is 11.7. The number of hydrogen-bond donors (Lipinski definition) is 0. The van der Waals surface area contributed by atoms with Gasteiger partial charge in [-0.2, -0.15) is 0 Å². The molecule has 3 aliphatic rings. The van der Waals surface area contributed by atoms with E-state index in [1.807, 2.05) is 7.11 Å². The van der Waals surface area contributed by atoms with Gasteiger partial charge in [-0.15, -0.1) is 0 Å². The molecule has 3 aliphatic carbocycles. The fraction of sp³-hybridized carbons (Fsp3) is 0.286. The van der Waals surface area contributed by atoms with Gasteiger partial charge in [0.05, 0.1) is 6.61 Å². The van der Waals surface area contributed by atoms with Gasteiger partial charge in [0.1, 0.15) is 0 Å². The van der Waals surface area contributed by atoms with Crippen LogP contribution in [0, 0.1) is 5.92 Å². The lowest BCUT2D eigenvalue weighted by Gasteiger charge is -2.29. The molecule has 2 atom stereocenters. The molecule has 0 radical (unpaired) electrons. The van der Waals surface area contributed by atoms with Crippen molar-refractivity contribution in [3.63, 3.8) is 0 Å². The van der Waals surface area contributed by atoms with Gasteiger partial charge in [0, 0.05) is 13.0 Å². The molecule has 0 saturated heterocycles. The highest BCUT2D eigenvalue weighted by Gasteiger charge is 2.25. The minimum Gasteiger partial charge on any atom is -0.380 e. The Hall–Kier alpha value is -2.64. The predicted molar refractivity (Wildman–Crippen MR) is 123 cm³/mol. The van der Waals surface area contributed by atoms with E-state index in [0.29, 0.717) is 18.4 Å². The van der Waals surface area contributed by atoms with E-state index in [4.69, 9.17) is 4.74 Å². The Morgan fingerprint density at radius 2 is 1.90 bits per heavy atom. The molecule has 0 bridgehead atoms. The molecular formula is C28H28O. The average Bonchev–Trinajstić information content (AvgIpc) is 2.75. The van der Waals surface area contributed by atoms with Crippen molar-refractivity contribution >= 4 is 23.3 Å². The molecule has 146 valence electrons. The van der Waals surface area contributed by atoms with E-state index in [-0.39, 0.29) is 0 Å². The number of allylic oxidation sites excluding steroid dienone is 5. The maximum atomic E-state index is 5.66. The van der Waals surface area contributed by atoms with E-state index in [1.54, 1.807) is 5.57 Å². The van der Waals surface area contributed by atoms with Gasteiger partial charge in [0.2, 0.25) is 0 Å². The van der Waals surface area contributed by atoms with Gasteiger partial charge in [0.25, 0.3) is 0 Å². The first-order valence-corrected chi connectivity index (χ1v) is 10.7. The third-order valence-corrected chi connectivity index (χ3v) is 6.76. The minimum atomic E-state index is 0.468. The summed E-state index contributed by atoms with van der Waals surface area (Å²) >= 11 is 0. The van der Waals surface area contributed by atoms with Crippen molar-refractivity contribution in [3.05, 3.63) is 92.9 Å². The molecule has 2 unspecified atom stereocenters. The molecule has 2 aromatic carbocycles. The lowest BCUT2D eigenvalue weighted by Crippen LogP contribution is -2.38. The van der Waals surface area contributed by atoms with Crippen LogP contribution < -0.4 is 10.4 Å². The molecule has 0 spiro atoms. The Labute approximate surface area is 173 Å². The number of ether oxygens (including phenoxy) is 1. The van der Waals surface area contributed by atoms with Crippen LogP contribution in [0.2, 0.25) is 0 Å². The number of benzene rings is 2. The summed E-state index contributed by atoms with van der Waals surface area (Å²) in [6.45, 7) is 5.23. The highest BCUT2D eigenvalue weighted by Crippen LogP contribution is 2.39. The first kappa shape index (κ1) is 18.4. The zero-order valence-electron chi connectivity index (χ0n) is 17.5. The van der Waals surface area contributed by atoms with Crippen LogP contribution in [0.1, 0.15) is 49.3 Å². The summed E-state index contributed by atoms with van der Waals surface area (Å²) in [5.41, 5.74) is 9.98. The van der Waals surface area contributed by atoms with E-state index >= 15 is 0 Å². The molecule has 1 nitrogen and oxygen atoms in total. The standard InChI is InChI=1S/C28H28O/c1-18-13-22-10-12-26-25-11-9-21(20-7-5-4-6-8-20)15-23(25)16-24(17-29-3)28(26)27(22)14-19(18)2/h4-14,19,21H,15-17H2,1-3H3. The van der Waals surface area contributed by atoms with Crippen LogP contribution in [0.5, 0.6) is 0 Å². The average molecular weight is 381 g/mol. The molecule has 0 aliphatic heterocycles. The number of methoxy groups -OCH3 is 1. The summed E-state index contributed by atoms with van der Waals surface area (Å²) in [6, 6.07) is 15.5. The monoisotopic (exact) mass is 380 g/mol. The van der Waals surface area contributed by atoms with E-state index in [0.717, 1.165) is 12.8 Å². The van der Waals surface area contributed by atoms with Crippen molar-refractivity contribution in [2.24, 2.45) is 5.92 Å². The number of rotatable bonds is 3. The Balaban J connectivity index is 1.66. The summed E-state index contributed by atoms with van der Waals surface area (Å²) in [5, 5.41) is 2.82. The van der Waals surface area contributed by atoms with E-state index in [9.17, 15) is 0 Å². The molecular weight excluding hydrogens is 352 g/mol. The topological polar surface area (TPSA) is 9.23 Å². The van der Waals surface area contributed by atoms with Gasteiger partial charge < -0.3 is 4.74 Å². The van der Waals surface area contributed by atoms with Gasteiger partial charge in [-0.3, -0.25) is 0 Å². The van der Waals surface area contributed by atoms with Gasteiger partial charge in [-0.25, -0.2) is 0 Å². The molecule has 1 heteroatoms. The second-order valence-corrected chi connectivity index (χ2v) is 8.65. The molecule has 5 rings (SSSR count). The lowest BCUT2D eigenvalue weighted by molar-refractivity contribution is 0.237. The summed E-state index contributed by atoms with van der Waals surface area (Å²) in [4.78, 5) is 0. The molecule has 0 fully saturated rings. The SMILES string of the molecule is COCC1=c2c(ccc3c2=CC(C)C(C)=C3)C2=C(C1)CC(c1ccccc1)C=C2. The predicted octanol–water partition coefficient (Wildman–Crippen LogP) is 5.22. The van der Waals surface area contributed by atoms with Gasteiger partial charge >= 0.3 is 0 Å². The summed E-state index contributed by atoms with van der Waals surface area (Å²) in [5.74, 6) is 0.952. The van der Waals surface area contributed by atoms with Crippen LogP contribution in [0.15, 0.2) is 65.8 Å². The molecule has 0 heterocycles. The fourth-order valence-electron chi connectivity index (χ4n) is 5.10. The molecule has 0 aromatic heterocycles. The normalized spacial score (nSPS) is 22.4. The third kappa shape index (κ3) is 3.14. The van der Waals surface area contributed by atoms with Gasteiger partial charge in [-0.1, -0.05) is 84.8 Å². The van der Waals surface area contributed by atoms with Crippen molar-refractivity contribution in [1.82, 2.24) is 0 Å². The molecule has 0 amide bonds. The Bertz CT molecular complexity index is 1170. The van der Waals surface area contributed by atoms with Crippen molar-refractivity contribution in [2.75, 3.05) is 13.7 Å². The maximum Gasteiger partial charge on any atom is 0.0685 e. The van der Waals surface area contributed by atoms with Crippen LogP contribution in [-0.4, -0.2) is 13.7 Å². The van der Waals surface area contributed by atoms with Crippen molar-refractivity contribution in [3.8, 4) is 0 Å². The zero-order chi connectivity index (χ0) is 20.0. The van der Waals surface area contributed by atoms with Crippen LogP contribution in [0.3, 0.4) is 0 Å². The van der Waals surface area contributed by atoms with Crippen LogP contribution in [-0.2, 0) is 4.74 Å². The number of fused-ring (bicyclic) bond motifs is 4. The highest BCUT2D eigenvalue weighted by molar-refractivity contribution is 5.85. The lowest BCUT2D eigenvalue weighted by atomic mass is 9.76. The van der Waals surface area contributed by atoms with Crippen molar-refractivity contribution < 1.29 is 4.74 Å². The van der Waals surface area contributed by atoms with Crippen LogP contribution in [0.25, 0.3) is 23.3 Å². The first-order valence-electron chi connectivity index (χ1n) is 10.7. The molecule has 0 saturated carbocycles. The second kappa shape index (κ2) is 7.31. The Kier molecular flexibility index (Phi) is 4.64. The third-order valence-electron chi connectivity index (χ3n) is 6.76. The fourth-order valence-corrected chi connectivity index (χ4v) is 5.10. The van der Waals surface area contributed by atoms with Crippen molar-refractivity contribution in [1.29, 1.82) is 0 Å². The quantitative estimate of drug-likeness (QED) is 0.709. The van der Waals surface area contributed by atoms with Crippen molar-refractivity contribution in [2.45, 2.75) is 32.6 Å². The van der Waals surface area contributed by atoms with E-state index < -0.39 is 0 Å². The van der Waals surface area contributed by atoms with Gasteiger partial charge in [-0.05, 0) is 64.0 Å². The van der Waals surface area contributed by atoms with Crippen LogP contribution in [0.4, 0.5) is 0 Å². The molecule has 2 aromatic rings. The zero-order valence-corrected chi connectivity index (χ0v) is 17.5. The molecule has 29 heavy (non-hydrogen) atoms. The molecule has 0 N–H and O–H groups in total. The second-order valence-electron chi connectivity index (χ2n) is 8.65. The summed E-state index contributed by atoms with van der Waals surface area (Å²) < 4.78 is 5.66. The highest BCUT2D eigenvalue weighted by atomic mass is 16.5. The maximum absolute atomic E-state index is 5.66. The smallest absolute Gasteiger partial charge is 0.0685 e. The first-order chi connectivity index (χ1) is 14.2. The Morgan fingerprint density at radius 1 is 1.07 bits per heavy atom. The number of hydrogen-bond acceptors (Lipinski definition) is 1. The van der Waals surface area contributed by atoms with E-state index in [2.05, 4.69) is 80.6 Å². The van der Waals surface area contributed by atoms with Crippen LogP contribution >= 0.6 is 0 Å². The Morgan fingerprint density at radius 3 is 2.69 bits per heavy atom. The largest absolute Gasteiger partial charge is 0.380 e. The van der Waals surface area contributed by atoms with E-state index in [1.165, 1.54) is 43.8 Å². The summed E-state index contributed by atoms with van der Waals surface area (Å²) in [7, 11) is 1.82.